The highest BCUT2D eigenvalue weighted by Gasteiger charge is 2.47. The largest absolute Gasteiger partial charge is 0.241 e. The van der Waals surface area contributed by atoms with Gasteiger partial charge in [-0.3, -0.25) is 0 Å². The average molecular weight is 322 g/mol. The average Bonchev–Trinajstić information content (AvgIpc) is 3.19. The fourth-order valence-electron chi connectivity index (χ4n) is 2.39. The number of halogens is 1. The van der Waals surface area contributed by atoms with E-state index < -0.39 is 15.6 Å². The normalized spacial score (nSPS) is 16.7. The topological polar surface area (TPSA) is 46.2 Å². The Bertz CT molecular complexity index is 765. The maximum atomic E-state index is 12.5. The number of benzene rings is 2. The summed E-state index contributed by atoms with van der Waals surface area (Å²) in [7, 11) is -3.53. The van der Waals surface area contributed by atoms with E-state index in [1.807, 2.05) is 25.1 Å². The molecule has 0 unspecified atom stereocenters. The Labute approximate surface area is 130 Å². The van der Waals surface area contributed by atoms with Crippen LogP contribution in [0.3, 0.4) is 0 Å². The fraction of sp³-hybridized carbons (Fsp3) is 0.250. The van der Waals surface area contributed by atoms with Crippen LogP contribution in [0.5, 0.6) is 0 Å². The Morgan fingerprint density at radius 3 is 2.33 bits per heavy atom. The summed E-state index contributed by atoms with van der Waals surface area (Å²) in [5.74, 6) is 0. The molecule has 0 aliphatic heterocycles. The van der Waals surface area contributed by atoms with Crippen LogP contribution in [-0.2, 0) is 15.6 Å². The van der Waals surface area contributed by atoms with Gasteiger partial charge in [0.05, 0.1) is 10.4 Å². The molecule has 21 heavy (non-hydrogen) atoms. The van der Waals surface area contributed by atoms with Crippen molar-refractivity contribution in [3.8, 4) is 0 Å². The summed E-state index contributed by atoms with van der Waals surface area (Å²) in [6.45, 7) is 1.93. The van der Waals surface area contributed by atoms with Gasteiger partial charge < -0.3 is 0 Å². The first kappa shape index (κ1) is 14.6. The summed E-state index contributed by atoms with van der Waals surface area (Å²) in [6, 6.07) is 14.2. The van der Waals surface area contributed by atoms with E-state index in [0.717, 1.165) is 24.0 Å². The molecule has 2 aromatic rings. The van der Waals surface area contributed by atoms with Crippen LogP contribution < -0.4 is 4.72 Å². The first-order valence-corrected chi connectivity index (χ1v) is 8.64. The SMILES string of the molecule is Cc1ccc(S(=O)(=O)NC2(c3cccc(Cl)c3)CC2)cc1. The van der Waals surface area contributed by atoms with Gasteiger partial charge in [-0.25, -0.2) is 13.1 Å². The lowest BCUT2D eigenvalue weighted by Gasteiger charge is -2.18. The third-order valence-electron chi connectivity index (χ3n) is 3.79. The third-order valence-corrected chi connectivity index (χ3v) is 5.58. The Morgan fingerprint density at radius 1 is 1.10 bits per heavy atom. The molecule has 1 saturated carbocycles. The molecule has 110 valence electrons. The maximum absolute atomic E-state index is 12.5. The van der Waals surface area contributed by atoms with Gasteiger partial charge in [-0.05, 0) is 49.6 Å². The molecule has 0 aromatic heterocycles. The predicted molar refractivity (Wildman–Crippen MR) is 83.9 cm³/mol. The van der Waals surface area contributed by atoms with Gasteiger partial charge in [0.15, 0.2) is 0 Å². The highest BCUT2D eigenvalue weighted by atomic mass is 35.5. The summed E-state index contributed by atoms with van der Waals surface area (Å²) in [5.41, 5.74) is 1.45. The molecule has 2 aromatic carbocycles. The summed E-state index contributed by atoms with van der Waals surface area (Å²) in [6.07, 6.45) is 1.58. The van der Waals surface area contributed by atoms with Gasteiger partial charge in [-0.2, -0.15) is 0 Å². The van der Waals surface area contributed by atoms with Gasteiger partial charge in [0.2, 0.25) is 10.0 Å². The van der Waals surface area contributed by atoms with Crippen LogP contribution in [0.15, 0.2) is 53.4 Å². The van der Waals surface area contributed by atoms with E-state index in [2.05, 4.69) is 4.72 Å². The van der Waals surface area contributed by atoms with Gasteiger partial charge in [-0.1, -0.05) is 41.4 Å². The summed E-state index contributed by atoms with van der Waals surface area (Å²) in [5, 5.41) is 0.619. The van der Waals surface area contributed by atoms with Crippen LogP contribution in [0, 0.1) is 6.92 Å². The number of hydrogen-bond donors (Lipinski definition) is 1. The van der Waals surface area contributed by atoms with Crippen molar-refractivity contribution in [3.63, 3.8) is 0 Å². The van der Waals surface area contributed by atoms with Gasteiger partial charge in [0, 0.05) is 5.02 Å². The molecule has 1 aliphatic carbocycles. The van der Waals surface area contributed by atoms with Gasteiger partial charge in [0.1, 0.15) is 0 Å². The van der Waals surface area contributed by atoms with Gasteiger partial charge in [0.25, 0.3) is 0 Å². The van der Waals surface area contributed by atoms with Crippen LogP contribution in [0.1, 0.15) is 24.0 Å². The molecule has 0 atom stereocenters. The smallest absolute Gasteiger partial charge is 0.207 e. The molecule has 5 heteroatoms. The minimum Gasteiger partial charge on any atom is -0.207 e. The number of sulfonamides is 1. The second kappa shape index (κ2) is 5.13. The highest BCUT2D eigenvalue weighted by molar-refractivity contribution is 7.89. The van der Waals surface area contributed by atoms with Crippen molar-refractivity contribution in [3.05, 3.63) is 64.7 Å². The standard InChI is InChI=1S/C16H16ClNO2S/c1-12-5-7-15(8-6-12)21(19,20)18-16(9-10-16)13-3-2-4-14(17)11-13/h2-8,11,18H,9-10H2,1H3. The molecule has 0 spiro atoms. The van der Waals surface area contributed by atoms with Crippen LogP contribution in [0.4, 0.5) is 0 Å². The molecule has 3 nitrogen and oxygen atoms in total. The van der Waals surface area contributed by atoms with Crippen molar-refractivity contribution in [1.29, 1.82) is 0 Å². The monoisotopic (exact) mass is 321 g/mol. The van der Waals surface area contributed by atoms with E-state index in [-0.39, 0.29) is 0 Å². The van der Waals surface area contributed by atoms with E-state index in [4.69, 9.17) is 11.6 Å². The summed E-state index contributed by atoms with van der Waals surface area (Å²) in [4.78, 5) is 0.293. The molecular formula is C16H16ClNO2S. The first-order chi connectivity index (χ1) is 9.91. The Morgan fingerprint density at radius 2 is 1.76 bits per heavy atom. The molecule has 1 aliphatic rings. The van der Waals surface area contributed by atoms with Crippen LogP contribution in [0.25, 0.3) is 0 Å². The zero-order valence-electron chi connectivity index (χ0n) is 11.6. The fourth-order valence-corrected chi connectivity index (χ4v) is 4.03. The number of rotatable bonds is 4. The molecule has 0 bridgehead atoms. The quantitative estimate of drug-likeness (QED) is 0.935. The van der Waals surface area contributed by atoms with Crippen molar-refractivity contribution >= 4 is 21.6 Å². The van der Waals surface area contributed by atoms with E-state index in [0.29, 0.717) is 9.92 Å². The van der Waals surface area contributed by atoms with Gasteiger partial charge in [-0.15, -0.1) is 0 Å². The molecule has 0 radical (unpaired) electrons. The second-order valence-corrected chi connectivity index (χ2v) is 7.63. The molecule has 0 heterocycles. The molecular weight excluding hydrogens is 306 g/mol. The highest BCUT2D eigenvalue weighted by Crippen LogP contribution is 2.47. The van der Waals surface area contributed by atoms with Crippen molar-refractivity contribution in [2.45, 2.75) is 30.2 Å². The predicted octanol–water partition coefficient (Wildman–Crippen LogP) is 3.62. The van der Waals surface area contributed by atoms with Crippen LogP contribution in [-0.4, -0.2) is 8.42 Å². The molecule has 1 fully saturated rings. The number of hydrogen-bond acceptors (Lipinski definition) is 2. The van der Waals surface area contributed by atoms with E-state index in [9.17, 15) is 8.42 Å². The van der Waals surface area contributed by atoms with E-state index >= 15 is 0 Å². The second-order valence-electron chi connectivity index (χ2n) is 5.51. The van der Waals surface area contributed by atoms with Gasteiger partial charge >= 0.3 is 0 Å². The van der Waals surface area contributed by atoms with E-state index in [1.165, 1.54) is 0 Å². The first-order valence-electron chi connectivity index (χ1n) is 6.78. The van der Waals surface area contributed by atoms with Crippen molar-refractivity contribution in [1.82, 2.24) is 4.72 Å². The lowest BCUT2D eigenvalue weighted by atomic mass is 10.1. The number of aryl methyl sites for hydroxylation is 1. The summed E-state index contributed by atoms with van der Waals surface area (Å²) >= 11 is 6.01. The lowest BCUT2D eigenvalue weighted by Crippen LogP contribution is -2.34. The lowest BCUT2D eigenvalue weighted by molar-refractivity contribution is 0.551. The zero-order valence-corrected chi connectivity index (χ0v) is 13.2. The molecule has 0 saturated heterocycles. The zero-order chi connectivity index (χ0) is 15.1. The minimum absolute atomic E-state index is 0.293. The molecule has 3 rings (SSSR count). The minimum atomic E-state index is -3.53. The van der Waals surface area contributed by atoms with Crippen LogP contribution in [0.2, 0.25) is 5.02 Å². The van der Waals surface area contributed by atoms with Crippen LogP contribution >= 0.6 is 11.6 Å². The number of nitrogens with one attached hydrogen (secondary N) is 1. The summed E-state index contributed by atoms with van der Waals surface area (Å²) < 4.78 is 27.9. The van der Waals surface area contributed by atoms with Crippen molar-refractivity contribution < 1.29 is 8.42 Å². The maximum Gasteiger partial charge on any atom is 0.241 e. The Hall–Kier alpha value is -1.36. The van der Waals surface area contributed by atoms with E-state index in [1.54, 1.807) is 30.3 Å². The Kier molecular flexibility index (Phi) is 3.56. The molecule has 0 amide bonds. The molecule has 1 N–H and O–H groups in total. The van der Waals surface area contributed by atoms with Crippen molar-refractivity contribution in [2.75, 3.05) is 0 Å². The van der Waals surface area contributed by atoms with Crippen molar-refractivity contribution in [2.24, 2.45) is 0 Å². The third kappa shape index (κ3) is 2.98. The Balaban J connectivity index is 1.90.